The van der Waals surface area contributed by atoms with Gasteiger partial charge in [0, 0.05) is 17.6 Å². The predicted octanol–water partition coefficient (Wildman–Crippen LogP) is 5.74. The highest BCUT2D eigenvalue weighted by Crippen LogP contribution is 2.38. The van der Waals surface area contributed by atoms with Gasteiger partial charge in [-0.05, 0) is 74.0 Å². The summed E-state index contributed by atoms with van der Waals surface area (Å²) in [6.45, 7) is 4.82. The number of fused-ring (bicyclic) bond motifs is 1. The number of aliphatic hydroxyl groups excluding tert-OH is 1. The maximum atomic E-state index is 9.33. The van der Waals surface area contributed by atoms with Crippen LogP contribution in [-0.2, 0) is 6.54 Å². The van der Waals surface area contributed by atoms with Crippen LogP contribution in [0.3, 0.4) is 0 Å². The van der Waals surface area contributed by atoms with E-state index < -0.39 is 0 Å². The van der Waals surface area contributed by atoms with Crippen molar-refractivity contribution >= 4 is 40.2 Å². The van der Waals surface area contributed by atoms with Crippen LogP contribution in [0.2, 0.25) is 10.3 Å². The van der Waals surface area contributed by atoms with Crippen molar-refractivity contribution in [3.05, 3.63) is 63.9 Å². The number of nitrogens with zero attached hydrogens (tertiary/aromatic N) is 4. The molecule has 0 saturated heterocycles. The molecular formula is C26H27Cl2N5O2. The quantitative estimate of drug-likeness (QED) is 0.278. The van der Waals surface area contributed by atoms with Gasteiger partial charge in [0.25, 0.3) is 0 Å². The fourth-order valence-corrected chi connectivity index (χ4v) is 4.56. The number of hydrogen-bond donors (Lipinski definition) is 2. The highest BCUT2D eigenvalue weighted by Gasteiger charge is 2.30. The SMILES string of the molecule is Cc1ccc(OCCO)c(-c2nc3nc(Cl)nc(N[C@H](C)C4CC4)c3n2Cc2ccc(Cl)cc2)c1. The first-order chi connectivity index (χ1) is 16.9. The fourth-order valence-electron chi connectivity index (χ4n) is 4.27. The second-order valence-corrected chi connectivity index (χ2v) is 9.78. The first-order valence-electron chi connectivity index (χ1n) is 11.7. The maximum absolute atomic E-state index is 9.33. The number of hydrogen-bond acceptors (Lipinski definition) is 6. The normalized spacial score (nSPS) is 14.3. The summed E-state index contributed by atoms with van der Waals surface area (Å²) in [6, 6.07) is 13.9. The molecule has 0 amide bonds. The lowest BCUT2D eigenvalue weighted by Crippen LogP contribution is -2.19. The molecule has 35 heavy (non-hydrogen) atoms. The van der Waals surface area contributed by atoms with Gasteiger partial charge in [-0.2, -0.15) is 9.97 Å². The lowest BCUT2D eigenvalue weighted by Gasteiger charge is -2.17. The Hall–Kier alpha value is -2.87. The summed E-state index contributed by atoms with van der Waals surface area (Å²) in [5.41, 5.74) is 4.21. The zero-order valence-corrected chi connectivity index (χ0v) is 21.1. The van der Waals surface area contributed by atoms with E-state index in [4.69, 9.17) is 32.9 Å². The van der Waals surface area contributed by atoms with Gasteiger partial charge >= 0.3 is 0 Å². The number of halogens is 2. The number of rotatable bonds is 9. The Morgan fingerprint density at radius 2 is 1.89 bits per heavy atom. The molecule has 1 aliphatic carbocycles. The minimum absolute atomic E-state index is 0.0806. The average Bonchev–Trinajstić information content (AvgIpc) is 3.62. The van der Waals surface area contributed by atoms with Gasteiger partial charge in [-0.1, -0.05) is 35.4 Å². The van der Waals surface area contributed by atoms with E-state index in [1.807, 2.05) is 49.4 Å². The fraction of sp³-hybridized carbons (Fsp3) is 0.346. The van der Waals surface area contributed by atoms with Gasteiger partial charge in [0.2, 0.25) is 5.28 Å². The molecule has 2 aromatic heterocycles. The van der Waals surface area contributed by atoms with Crippen molar-refractivity contribution < 1.29 is 9.84 Å². The standard InChI is InChI=1S/C26H27Cl2N5O2/c1-15-3-10-21(35-12-11-34)20(13-15)25-30-24-22(33(25)14-17-4-8-19(27)9-5-17)23(31-26(28)32-24)29-16(2)18-6-7-18/h3-5,8-10,13,16,18,34H,6-7,11-12,14H2,1-2H3,(H,29,31,32)/t16-/m1/s1. The van der Waals surface area contributed by atoms with E-state index in [1.54, 1.807) is 0 Å². The number of anilines is 1. The average molecular weight is 512 g/mol. The molecule has 4 aromatic rings. The van der Waals surface area contributed by atoms with E-state index in [-0.39, 0.29) is 24.5 Å². The van der Waals surface area contributed by atoms with E-state index in [2.05, 4.69) is 26.8 Å². The van der Waals surface area contributed by atoms with Crippen molar-refractivity contribution in [2.24, 2.45) is 5.92 Å². The summed E-state index contributed by atoms with van der Waals surface area (Å²) in [7, 11) is 0. The first kappa shape index (κ1) is 23.9. The maximum Gasteiger partial charge on any atom is 0.226 e. The van der Waals surface area contributed by atoms with Crippen LogP contribution in [0.4, 0.5) is 5.82 Å². The Labute approximate surface area is 214 Å². The van der Waals surface area contributed by atoms with Crippen LogP contribution < -0.4 is 10.1 Å². The van der Waals surface area contributed by atoms with E-state index >= 15 is 0 Å². The predicted molar refractivity (Wildman–Crippen MR) is 139 cm³/mol. The van der Waals surface area contributed by atoms with E-state index in [9.17, 15) is 5.11 Å². The summed E-state index contributed by atoms with van der Waals surface area (Å²) < 4.78 is 7.97. The third-order valence-electron chi connectivity index (χ3n) is 6.25. The minimum Gasteiger partial charge on any atom is -0.490 e. The minimum atomic E-state index is -0.0806. The molecule has 2 N–H and O–H groups in total. The molecule has 2 heterocycles. The van der Waals surface area contributed by atoms with Crippen LogP contribution in [-0.4, -0.2) is 43.9 Å². The van der Waals surface area contributed by atoms with Gasteiger partial charge in [-0.15, -0.1) is 0 Å². The second kappa shape index (κ2) is 10.0. The zero-order valence-electron chi connectivity index (χ0n) is 19.6. The lowest BCUT2D eigenvalue weighted by atomic mass is 10.1. The van der Waals surface area contributed by atoms with E-state index in [0.717, 1.165) is 22.2 Å². The molecule has 2 aromatic carbocycles. The molecule has 1 aliphatic rings. The monoisotopic (exact) mass is 511 g/mol. The smallest absolute Gasteiger partial charge is 0.226 e. The summed E-state index contributed by atoms with van der Waals surface area (Å²) in [4.78, 5) is 13.9. The first-order valence-corrected chi connectivity index (χ1v) is 12.5. The van der Waals surface area contributed by atoms with Gasteiger partial charge in [0.05, 0.1) is 12.2 Å². The van der Waals surface area contributed by atoms with Gasteiger partial charge < -0.3 is 19.7 Å². The summed E-state index contributed by atoms with van der Waals surface area (Å²) >= 11 is 12.5. The number of imidazole rings is 1. The topological polar surface area (TPSA) is 85.1 Å². The molecule has 1 fully saturated rings. The lowest BCUT2D eigenvalue weighted by molar-refractivity contribution is 0.202. The van der Waals surface area contributed by atoms with Crippen LogP contribution in [0.1, 0.15) is 30.9 Å². The van der Waals surface area contributed by atoms with Crippen LogP contribution >= 0.6 is 23.2 Å². The van der Waals surface area contributed by atoms with Crippen molar-refractivity contribution in [2.75, 3.05) is 18.5 Å². The van der Waals surface area contributed by atoms with Crippen molar-refractivity contribution in [1.82, 2.24) is 19.5 Å². The third kappa shape index (κ3) is 5.22. The largest absolute Gasteiger partial charge is 0.490 e. The number of ether oxygens (including phenoxy) is 1. The van der Waals surface area contributed by atoms with E-state index in [1.165, 1.54) is 12.8 Å². The van der Waals surface area contributed by atoms with Gasteiger partial charge in [0.15, 0.2) is 11.5 Å². The molecule has 5 rings (SSSR count). The van der Waals surface area contributed by atoms with Crippen molar-refractivity contribution in [3.8, 4) is 17.1 Å². The zero-order chi connectivity index (χ0) is 24.5. The summed E-state index contributed by atoms with van der Waals surface area (Å²) in [5.74, 6) is 2.61. The molecule has 0 aliphatic heterocycles. The number of aliphatic hydroxyl groups is 1. The van der Waals surface area contributed by atoms with Gasteiger partial charge in [0.1, 0.15) is 23.7 Å². The van der Waals surface area contributed by atoms with Crippen molar-refractivity contribution in [3.63, 3.8) is 0 Å². The van der Waals surface area contributed by atoms with E-state index in [0.29, 0.717) is 40.5 Å². The highest BCUT2D eigenvalue weighted by molar-refractivity contribution is 6.30. The number of benzene rings is 2. The van der Waals surface area contributed by atoms with Crippen LogP contribution in [0.15, 0.2) is 42.5 Å². The van der Waals surface area contributed by atoms with Gasteiger partial charge in [-0.3, -0.25) is 0 Å². The highest BCUT2D eigenvalue weighted by atomic mass is 35.5. The second-order valence-electron chi connectivity index (χ2n) is 9.00. The molecule has 182 valence electrons. The molecule has 9 heteroatoms. The number of aromatic nitrogens is 4. The molecule has 0 bridgehead atoms. The van der Waals surface area contributed by atoms with Crippen LogP contribution in [0, 0.1) is 12.8 Å². The molecule has 0 spiro atoms. The summed E-state index contributed by atoms with van der Waals surface area (Å²) in [5, 5.41) is 13.7. The number of aryl methyl sites for hydroxylation is 1. The van der Waals surface area contributed by atoms with Crippen LogP contribution in [0.5, 0.6) is 5.75 Å². The Balaban J connectivity index is 1.71. The number of nitrogens with one attached hydrogen (secondary N) is 1. The third-order valence-corrected chi connectivity index (χ3v) is 6.67. The molecule has 1 atom stereocenters. The summed E-state index contributed by atoms with van der Waals surface area (Å²) in [6.07, 6.45) is 2.42. The van der Waals surface area contributed by atoms with Crippen molar-refractivity contribution in [1.29, 1.82) is 0 Å². The molecule has 0 radical (unpaired) electrons. The Morgan fingerprint density at radius 1 is 1.11 bits per heavy atom. The molecule has 0 unspecified atom stereocenters. The Kier molecular flexibility index (Phi) is 6.82. The Bertz CT molecular complexity index is 1350. The Morgan fingerprint density at radius 3 is 2.60 bits per heavy atom. The molecular weight excluding hydrogens is 485 g/mol. The molecule has 7 nitrogen and oxygen atoms in total. The molecule has 1 saturated carbocycles. The van der Waals surface area contributed by atoms with Crippen molar-refractivity contribution in [2.45, 2.75) is 39.3 Å². The van der Waals surface area contributed by atoms with Gasteiger partial charge in [-0.25, -0.2) is 4.98 Å². The van der Waals surface area contributed by atoms with Crippen LogP contribution in [0.25, 0.3) is 22.6 Å².